The number of ether oxygens (including phenoxy) is 1. The number of esters is 1. The van der Waals surface area contributed by atoms with Crippen molar-refractivity contribution in [2.45, 2.75) is 58.9 Å². The second-order valence-electron chi connectivity index (χ2n) is 5.06. The minimum Gasteiger partial charge on any atom is -0.458 e. The SMILES string of the molecule is CCC(C)C(=O)OC(C(C)C)C(C)(O)C(F)(F)F. The fourth-order valence-corrected chi connectivity index (χ4v) is 1.47. The second kappa shape index (κ2) is 5.91. The zero-order chi connectivity index (χ0) is 14.7. The van der Waals surface area contributed by atoms with Gasteiger partial charge in [0, 0.05) is 0 Å². The number of carbonyl (C=O) groups is 1. The van der Waals surface area contributed by atoms with Crippen LogP contribution in [0.2, 0.25) is 0 Å². The van der Waals surface area contributed by atoms with Crippen LogP contribution in [0.3, 0.4) is 0 Å². The molecule has 3 nitrogen and oxygen atoms in total. The monoisotopic (exact) mass is 270 g/mol. The molecule has 6 heteroatoms. The summed E-state index contributed by atoms with van der Waals surface area (Å²) in [6.45, 7) is 6.87. The number of alkyl halides is 3. The van der Waals surface area contributed by atoms with Crippen molar-refractivity contribution in [3.05, 3.63) is 0 Å². The fraction of sp³-hybridized carbons (Fsp3) is 0.917. The summed E-state index contributed by atoms with van der Waals surface area (Å²) in [6, 6.07) is 0. The van der Waals surface area contributed by atoms with E-state index in [4.69, 9.17) is 4.74 Å². The summed E-state index contributed by atoms with van der Waals surface area (Å²) in [6.07, 6.45) is -5.99. The molecule has 0 saturated heterocycles. The maximum absolute atomic E-state index is 12.7. The van der Waals surface area contributed by atoms with Gasteiger partial charge in [-0.1, -0.05) is 27.7 Å². The Hall–Kier alpha value is -0.780. The molecule has 18 heavy (non-hydrogen) atoms. The Balaban J connectivity index is 5.06. The van der Waals surface area contributed by atoms with Gasteiger partial charge in [0.2, 0.25) is 0 Å². The van der Waals surface area contributed by atoms with Crippen LogP contribution in [0, 0.1) is 11.8 Å². The van der Waals surface area contributed by atoms with E-state index in [9.17, 15) is 23.1 Å². The minimum atomic E-state index is -4.85. The lowest BCUT2D eigenvalue weighted by atomic mass is 9.89. The molecular weight excluding hydrogens is 249 g/mol. The van der Waals surface area contributed by atoms with Gasteiger partial charge in [-0.2, -0.15) is 13.2 Å². The zero-order valence-corrected chi connectivity index (χ0v) is 11.3. The van der Waals surface area contributed by atoms with Crippen molar-refractivity contribution in [3.63, 3.8) is 0 Å². The van der Waals surface area contributed by atoms with Gasteiger partial charge >= 0.3 is 12.1 Å². The molecule has 0 bridgehead atoms. The van der Waals surface area contributed by atoms with Crippen LogP contribution in [0.4, 0.5) is 13.2 Å². The number of hydrogen-bond acceptors (Lipinski definition) is 3. The molecule has 0 amide bonds. The van der Waals surface area contributed by atoms with E-state index in [1.807, 2.05) is 0 Å². The minimum absolute atomic E-state index is 0.470. The molecule has 0 saturated carbocycles. The molecule has 0 fully saturated rings. The highest BCUT2D eigenvalue weighted by atomic mass is 19.4. The molecule has 3 unspecified atom stereocenters. The Labute approximate surface area is 105 Å². The molecule has 0 aliphatic rings. The van der Waals surface area contributed by atoms with Crippen LogP contribution >= 0.6 is 0 Å². The third kappa shape index (κ3) is 3.86. The Morgan fingerprint density at radius 2 is 1.72 bits per heavy atom. The van der Waals surface area contributed by atoms with E-state index < -0.39 is 35.7 Å². The molecule has 0 radical (unpaired) electrons. The van der Waals surface area contributed by atoms with Crippen molar-refractivity contribution in [2.75, 3.05) is 0 Å². The summed E-state index contributed by atoms with van der Waals surface area (Å²) in [4.78, 5) is 11.6. The number of carbonyl (C=O) groups excluding carboxylic acids is 1. The summed E-state index contributed by atoms with van der Waals surface area (Å²) in [5.41, 5.74) is -3.05. The predicted molar refractivity (Wildman–Crippen MR) is 60.9 cm³/mol. The Morgan fingerprint density at radius 3 is 2.00 bits per heavy atom. The van der Waals surface area contributed by atoms with Crippen molar-refractivity contribution in [1.82, 2.24) is 0 Å². The quantitative estimate of drug-likeness (QED) is 0.781. The van der Waals surface area contributed by atoms with Crippen LogP contribution in [0.5, 0.6) is 0 Å². The van der Waals surface area contributed by atoms with Gasteiger partial charge in [0.05, 0.1) is 5.92 Å². The number of hydrogen-bond donors (Lipinski definition) is 1. The maximum atomic E-state index is 12.7. The van der Waals surface area contributed by atoms with Crippen LogP contribution in [0.25, 0.3) is 0 Å². The van der Waals surface area contributed by atoms with Gasteiger partial charge < -0.3 is 9.84 Å². The van der Waals surface area contributed by atoms with Crippen molar-refractivity contribution < 1.29 is 27.8 Å². The molecule has 0 aromatic heterocycles. The van der Waals surface area contributed by atoms with Crippen molar-refractivity contribution in [2.24, 2.45) is 11.8 Å². The zero-order valence-electron chi connectivity index (χ0n) is 11.3. The van der Waals surface area contributed by atoms with Crippen molar-refractivity contribution >= 4 is 5.97 Å². The highest BCUT2D eigenvalue weighted by Gasteiger charge is 2.57. The van der Waals surface area contributed by atoms with E-state index in [-0.39, 0.29) is 0 Å². The number of aliphatic hydroxyl groups is 1. The molecule has 3 atom stereocenters. The Morgan fingerprint density at radius 1 is 1.28 bits per heavy atom. The molecule has 108 valence electrons. The first-order valence-electron chi connectivity index (χ1n) is 5.94. The van der Waals surface area contributed by atoms with E-state index >= 15 is 0 Å². The summed E-state index contributed by atoms with van der Waals surface area (Å²) < 4.78 is 43.1. The first-order valence-corrected chi connectivity index (χ1v) is 5.94. The summed E-state index contributed by atoms with van der Waals surface area (Å²) in [5, 5.41) is 9.58. The lowest BCUT2D eigenvalue weighted by molar-refractivity contribution is -0.291. The molecule has 0 rings (SSSR count). The van der Waals surface area contributed by atoms with Crippen LogP contribution in [-0.4, -0.2) is 29.0 Å². The largest absolute Gasteiger partial charge is 0.458 e. The molecule has 1 N–H and O–H groups in total. The molecule has 0 heterocycles. The van der Waals surface area contributed by atoms with E-state index in [1.54, 1.807) is 13.8 Å². The van der Waals surface area contributed by atoms with Crippen LogP contribution in [-0.2, 0) is 9.53 Å². The second-order valence-corrected chi connectivity index (χ2v) is 5.06. The number of rotatable bonds is 5. The number of halogens is 3. The predicted octanol–water partition coefficient (Wildman–Crippen LogP) is 2.91. The van der Waals surface area contributed by atoms with Gasteiger partial charge in [-0.3, -0.25) is 4.79 Å². The summed E-state index contributed by atoms with van der Waals surface area (Å²) in [5.74, 6) is -1.86. The third-order valence-corrected chi connectivity index (χ3v) is 2.99. The molecular formula is C12H21F3O3. The van der Waals surface area contributed by atoms with Gasteiger partial charge in [-0.05, 0) is 19.3 Å². The molecule has 0 aromatic rings. The lowest BCUT2D eigenvalue weighted by Gasteiger charge is -2.36. The van der Waals surface area contributed by atoms with Gasteiger partial charge in [-0.25, -0.2) is 0 Å². The van der Waals surface area contributed by atoms with Crippen molar-refractivity contribution in [3.8, 4) is 0 Å². The van der Waals surface area contributed by atoms with Crippen LogP contribution < -0.4 is 0 Å². The topological polar surface area (TPSA) is 46.5 Å². The summed E-state index contributed by atoms with van der Waals surface area (Å²) >= 11 is 0. The maximum Gasteiger partial charge on any atom is 0.420 e. The average molecular weight is 270 g/mol. The van der Waals surface area contributed by atoms with E-state index in [0.29, 0.717) is 13.3 Å². The van der Waals surface area contributed by atoms with E-state index in [2.05, 4.69) is 0 Å². The highest BCUT2D eigenvalue weighted by molar-refractivity contribution is 5.72. The van der Waals surface area contributed by atoms with Gasteiger partial charge in [0.15, 0.2) is 5.60 Å². The lowest BCUT2D eigenvalue weighted by Crippen LogP contribution is -2.56. The van der Waals surface area contributed by atoms with Crippen LogP contribution in [0.1, 0.15) is 41.0 Å². The van der Waals surface area contributed by atoms with Gasteiger partial charge in [-0.15, -0.1) is 0 Å². The molecule has 0 spiro atoms. The van der Waals surface area contributed by atoms with Crippen LogP contribution in [0.15, 0.2) is 0 Å². The Kier molecular flexibility index (Phi) is 5.65. The van der Waals surface area contributed by atoms with Gasteiger partial charge in [0.25, 0.3) is 0 Å². The third-order valence-electron chi connectivity index (χ3n) is 2.99. The standard InChI is InChI=1S/C12H21F3O3/c1-6-8(4)10(16)18-9(7(2)3)11(5,17)12(13,14)15/h7-9,17H,6H2,1-5H3. The van der Waals surface area contributed by atoms with Gasteiger partial charge in [0.1, 0.15) is 6.10 Å². The smallest absolute Gasteiger partial charge is 0.420 e. The molecule has 0 aliphatic heterocycles. The molecule has 0 aromatic carbocycles. The normalized spacial score (nSPS) is 19.2. The highest BCUT2D eigenvalue weighted by Crippen LogP contribution is 2.37. The Bertz CT molecular complexity index is 285. The fourth-order valence-electron chi connectivity index (χ4n) is 1.47. The molecule has 0 aliphatic carbocycles. The average Bonchev–Trinajstić information content (AvgIpc) is 2.21. The first kappa shape index (κ1) is 17.2. The van der Waals surface area contributed by atoms with E-state index in [0.717, 1.165) is 0 Å². The van der Waals surface area contributed by atoms with E-state index in [1.165, 1.54) is 13.8 Å². The van der Waals surface area contributed by atoms with Crippen molar-refractivity contribution in [1.29, 1.82) is 0 Å². The summed E-state index contributed by atoms with van der Waals surface area (Å²) in [7, 11) is 0. The first-order chi connectivity index (χ1) is 7.95.